The van der Waals surface area contributed by atoms with Gasteiger partial charge in [-0.25, -0.2) is 19.6 Å². The highest BCUT2D eigenvalue weighted by atomic mass is 16.6. The summed E-state index contributed by atoms with van der Waals surface area (Å²) in [6.07, 6.45) is -0.668. The molecule has 1 saturated heterocycles. The van der Waals surface area contributed by atoms with E-state index >= 15 is 0 Å². The van der Waals surface area contributed by atoms with Crippen molar-refractivity contribution in [2.24, 2.45) is 0 Å². The number of esters is 2. The van der Waals surface area contributed by atoms with Gasteiger partial charge in [-0.3, -0.25) is 0 Å². The molecule has 114 valence electrons. The maximum absolute atomic E-state index is 12.2. The Bertz CT molecular complexity index is 772. The zero-order valence-electron chi connectivity index (χ0n) is 12.6. The van der Waals surface area contributed by atoms with Crippen LogP contribution in [0.2, 0.25) is 0 Å². The molecule has 0 amide bonds. The highest BCUT2D eigenvalue weighted by Gasteiger charge is 2.35. The van der Waals surface area contributed by atoms with Gasteiger partial charge in [-0.2, -0.15) is 0 Å². The van der Waals surface area contributed by atoms with Crippen LogP contribution in [0.3, 0.4) is 0 Å². The highest BCUT2D eigenvalue weighted by molar-refractivity contribution is 5.95. The van der Waals surface area contributed by atoms with E-state index in [2.05, 4.69) is 9.97 Å². The van der Waals surface area contributed by atoms with Crippen molar-refractivity contribution in [2.75, 3.05) is 0 Å². The lowest BCUT2D eigenvalue weighted by Crippen LogP contribution is -2.22. The van der Waals surface area contributed by atoms with E-state index in [1.165, 1.54) is 0 Å². The number of ether oxygens (including phenoxy) is 2. The molecule has 2 aromatic rings. The van der Waals surface area contributed by atoms with Crippen molar-refractivity contribution in [2.45, 2.75) is 39.4 Å². The Hall–Kier alpha value is -2.50. The lowest BCUT2D eigenvalue weighted by Gasteiger charge is -2.09. The molecule has 1 aromatic heterocycles. The van der Waals surface area contributed by atoms with Crippen molar-refractivity contribution in [3.8, 4) is 0 Å². The quantitative estimate of drug-likeness (QED) is 0.790. The second-order valence-corrected chi connectivity index (χ2v) is 5.48. The van der Waals surface area contributed by atoms with E-state index < -0.39 is 18.0 Å². The van der Waals surface area contributed by atoms with Crippen LogP contribution >= 0.6 is 0 Å². The van der Waals surface area contributed by atoms with Gasteiger partial charge >= 0.3 is 11.9 Å². The summed E-state index contributed by atoms with van der Waals surface area (Å²) in [5, 5.41) is 0. The fraction of sp³-hybridized carbons (Fsp3) is 0.375. The smallest absolute Gasteiger partial charge is 0.347 e. The predicted molar refractivity (Wildman–Crippen MR) is 78.4 cm³/mol. The number of rotatable bonds is 2. The number of carbonyl (C=O) groups is 2. The summed E-state index contributed by atoms with van der Waals surface area (Å²) in [5.41, 5.74) is 3.35. The molecule has 0 spiro atoms. The number of fused-ring (bicyclic) bond motifs is 1. The molecular formula is C16H16N2O4. The topological polar surface area (TPSA) is 78.4 Å². The van der Waals surface area contributed by atoms with Crippen LogP contribution in [0.4, 0.5) is 0 Å². The van der Waals surface area contributed by atoms with Gasteiger partial charge in [0.15, 0.2) is 0 Å². The minimum Gasteiger partial charge on any atom is -0.460 e. The molecule has 6 nitrogen and oxygen atoms in total. The Kier molecular flexibility index (Phi) is 3.52. The monoisotopic (exact) mass is 300 g/mol. The number of cyclic esters (lactones) is 1. The molecule has 0 saturated carbocycles. The number of aromatic nitrogens is 2. The highest BCUT2D eigenvalue weighted by Crippen LogP contribution is 2.20. The first-order chi connectivity index (χ1) is 10.4. The minimum absolute atomic E-state index is 0.224. The van der Waals surface area contributed by atoms with Crippen molar-refractivity contribution in [1.82, 2.24) is 9.97 Å². The summed E-state index contributed by atoms with van der Waals surface area (Å²) < 4.78 is 10.2. The third kappa shape index (κ3) is 2.64. The zero-order valence-corrected chi connectivity index (χ0v) is 12.6. The number of carbonyl (C=O) groups excluding carboxylic acids is 2. The molecule has 1 aromatic carbocycles. The fourth-order valence-electron chi connectivity index (χ4n) is 2.37. The summed E-state index contributed by atoms with van der Waals surface area (Å²) in [6.45, 7) is 5.52. The van der Waals surface area contributed by atoms with E-state index in [0.29, 0.717) is 23.0 Å². The van der Waals surface area contributed by atoms with Crippen LogP contribution in [0.25, 0.3) is 11.0 Å². The van der Waals surface area contributed by atoms with E-state index in [-0.39, 0.29) is 6.10 Å². The summed E-state index contributed by atoms with van der Waals surface area (Å²) >= 11 is 0. The second kappa shape index (κ2) is 5.36. The van der Waals surface area contributed by atoms with Gasteiger partial charge in [0.1, 0.15) is 6.10 Å². The van der Waals surface area contributed by atoms with Crippen LogP contribution in [0.1, 0.15) is 35.1 Å². The van der Waals surface area contributed by atoms with Gasteiger partial charge in [0.05, 0.1) is 28.0 Å². The van der Waals surface area contributed by atoms with Crippen molar-refractivity contribution in [1.29, 1.82) is 0 Å². The third-order valence-corrected chi connectivity index (χ3v) is 3.69. The van der Waals surface area contributed by atoms with E-state index in [1.807, 2.05) is 13.8 Å². The number of hydrogen-bond acceptors (Lipinski definition) is 6. The maximum Gasteiger partial charge on any atom is 0.347 e. The number of hydrogen-bond donors (Lipinski definition) is 0. The lowest BCUT2D eigenvalue weighted by molar-refractivity contribution is -0.147. The molecule has 1 fully saturated rings. The van der Waals surface area contributed by atoms with Crippen LogP contribution in [0, 0.1) is 13.8 Å². The van der Waals surface area contributed by atoms with Crippen molar-refractivity contribution in [3.63, 3.8) is 0 Å². The molecular weight excluding hydrogens is 284 g/mol. The van der Waals surface area contributed by atoms with Crippen LogP contribution in [-0.2, 0) is 14.3 Å². The SMILES string of the molecule is Cc1nc2ccc(C(=O)O[C@H]3C[C@H](C)OC3=O)cc2nc1C. The van der Waals surface area contributed by atoms with Crippen LogP contribution < -0.4 is 0 Å². The van der Waals surface area contributed by atoms with E-state index in [4.69, 9.17) is 9.47 Å². The molecule has 2 heterocycles. The molecule has 3 rings (SSSR count). The van der Waals surface area contributed by atoms with Crippen LogP contribution in [0.5, 0.6) is 0 Å². The Labute approximate surface area is 127 Å². The van der Waals surface area contributed by atoms with Crippen molar-refractivity contribution in [3.05, 3.63) is 35.2 Å². The molecule has 1 aliphatic rings. The number of benzene rings is 1. The Morgan fingerprint density at radius 2 is 1.91 bits per heavy atom. The molecule has 0 radical (unpaired) electrons. The maximum atomic E-state index is 12.2. The third-order valence-electron chi connectivity index (χ3n) is 3.69. The van der Waals surface area contributed by atoms with Crippen molar-refractivity contribution < 1.29 is 19.1 Å². The summed E-state index contributed by atoms with van der Waals surface area (Å²) in [4.78, 5) is 32.5. The first-order valence-corrected chi connectivity index (χ1v) is 7.10. The van der Waals surface area contributed by atoms with Gasteiger partial charge < -0.3 is 9.47 Å². The average Bonchev–Trinajstić information content (AvgIpc) is 2.77. The van der Waals surface area contributed by atoms with Gasteiger partial charge in [0.2, 0.25) is 6.10 Å². The van der Waals surface area contributed by atoms with Gasteiger partial charge in [-0.15, -0.1) is 0 Å². The molecule has 1 aliphatic heterocycles. The first-order valence-electron chi connectivity index (χ1n) is 7.10. The lowest BCUT2D eigenvalue weighted by atomic mass is 10.1. The Morgan fingerprint density at radius 3 is 2.55 bits per heavy atom. The molecule has 22 heavy (non-hydrogen) atoms. The van der Waals surface area contributed by atoms with Gasteiger partial charge in [0.25, 0.3) is 0 Å². The predicted octanol–water partition coefficient (Wildman–Crippen LogP) is 2.11. The molecule has 6 heteroatoms. The van der Waals surface area contributed by atoms with Crippen LogP contribution in [-0.4, -0.2) is 34.1 Å². The molecule has 2 atom stereocenters. The number of nitrogens with zero attached hydrogens (tertiary/aromatic N) is 2. The van der Waals surface area contributed by atoms with E-state index in [9.17, 15) is 9.59 Å². The normalized spacial score (nSPS) is 21.0. The standard InChI is InChI=1S/C16H16N2O4/c1-8-6-14(16(20)21-8)22-15(19)11-4-5-12-13(7-11)18-10(3)9(2)17-12/h4-5,7-8,14H,6H2,1-3H3/t8-,14-/m0/s1. The summed E-state index contributed by atoms with van der Waals surface area (Å²) in [5.74, 6) is -1.05. The van der Waals surface area contributed by atoms with E-state index in [1.54, 1.807) is 25.1 Å². The van der Waals surface area contributed by atoms with Crippen LogP contribution in [0.15, 0.2) is 18.2 Å². The molecule has 0 bridgehead atoms. The Balaban J connectivity index is 1.85. The first kappa shape index (κ1) is 14.4. The van der Waals surface area contributed by atoms with Crippen molar-refractivity contribution >= 4 is 23.0 Å². The second-order valence-electron chi connectivity index (χ2n) is 5.48. The van der Waals surface area contributed by atoms with Gasteiger partial charge in [-0.05, 0) is 39.0 Å². The fourth-order valence-corrected chi connectivity index (χ4v) is 2.37. The summed E-state index contributed by atoms with van der Waals surface area (Å²) in [6, 6.07) is 4.97. The Morgan fingerprint density at radius 1 is 1.23 bits per heavy atom. The molecule has 0 aliphatic carbocycles. The van der Waals surface area contributed by atoms with Gasteiger partial charge in [0, 0.05) is 6.42 Å². The van der Waals surface area contributed by atoms with E-state index in [0.717, 1.165) is 11.4 Å². The minimum atomic E-state index is -0.830. The zero-order chi connectivity index (χ0) is 15.9. The average molecular weight is 300 g/mol. The number of aryl methyl sites for hydroxylation is 2. The summed E-state index contributed by atoms with van der Waals surface area (Å²) in [7, 11) is 0. The molecule has 0 unspecified atom stereocenters. The molecule has 0 N–H and O–H groups in total. The largest absolute Gasteiger partial charge is 0.460 e. The van der Waals surface area contributed by atoms with Gasteiger partial charge in [-0.1, -0.05) is 0 Å².